The van der Waals surface area contributed by atoms with Crippen molar-refractivity contribution in [3.8, 4) is 0 Å². The number of amides is 1. The van der Waals surface area contributed by atoms with Crippen molar-refractivity contribution in [1.82, 2.24) is 4.90 Å². The van der Waals surface area contributed by atoms with Crippen LogP contribution in [0.25, 0.3) is 0 Å². The van der Waals surface area contributed by atoms with E-state index in [2.05, 4.69) is 5.32 Å². The SMILES string of the molecule is Cc1cc(C)c(NC(=O)C(C)N(C)CC(C)(C)O)c(Cl)c1. The van der Waals surface area contributed by atoms with Crippen molar-refractivity contribution in [1.29, 1.82) is 0 Å². The van der Waals surface area contributed by atoms with Gasteiger partial charge in [0.15, 0.2) is 0 Å². The molecule has 0 saturated heterocycles. The molecule has 118 valence electrons. The molecule has 1 unspecified atom stereocenters. The lowest BCUT2D eigenvalue weighted by Crippen LogP contribution is -2.46. The average molecular weight is 313 g/mol. The van der Waals surface area contributed by atoms with Gasteiger partial charge in [-0.05, 0) is 58.9 Å². The predicted molar refractivity (Wildman–Crippen MR) is 87.9 cm³/mol. The number of hydrogen-bond acceptors (Lipinski definition) is 3. The largest absolute Gasteiger partial charge is 0.389 e. The first-order valence-electron chi connectivity index (χ1n) is 7.01. The molecular formula is C16H25ClN2O2. The number of likely N-dealkylation sites (N-methyl/N-ethyl adjacent to an activating group) is 1. The lowest BCUT2D eigenvalue weighted by Gasteiger charge is -2.29. The highest BCUT2D eigenvalue weighted by molar-refractivity contribution is 6.34. The first-order valence-corrected chi connectivity index (χ1v) is 7.39. The van der Waals surface area contributed by atoms with Crippen LogP contribution < -0.4 is 5.32 Å². The zero-order valence-corrected chi connectivity index (χ0v) is 14.4. The van der Waals surface area contributed by atoms with Gasteiger partial charge < -0.3 is 10.4 Å². The normalized spacial score (nSPS) is 13.4. The number of aliphatic hydroxyl groups is 1. The van der Waals surface area contributed by atoms with Crippen LogP contribution in [-0.4, -0.2) is 41.1 Å². The van der Waals surface area contributed by atoms with Crippen LogP contribution in [0.5, 0.6) is 0 Å². The van der Waals surface area contributed by atoms with Crippen molar-refractivity contribution in [2.45, 2.75) is 46.3 Å². The molecule has 1 atom stereocenters. The number of rotatable bonds is 5. The van der Waals surface area contributed by atoms with E-state index in [1.54, 1.807) is 20.8 Å². The fraction of sp³-hybridized carbons (Fsp3) is 0.562. The molecule has 0 bridgehead atoms. The Morgan fingerprint density at radius 3 is 2.48 bits per heavy atom. The van der Waals surface area contributed by atoms with Crippen LogP contribution in [0.15, 0.2) is 12.1 Å². The number of nitrogens with one attached hydrogen (secondary N) is 1. The summed E-state index contributed by atoms with van der Waals surface area (Å²) < 4.78 is 0. The van der Waals surface area contributed by atoms with Gasteiger partial charge in [0.1, 0.15) is 0 Å². The van der Waals surface area contributed by atoms with Gasteiger partial charge in [-0.1, -0.05) is 17.7 Å². The van der Waals surface area contributed by atoms with Crippen molar-refractivity contribution < 1.29 is 9.90 Å². The zero-order chi connectivity index (χ0) is 16.4. The molecule has 1 rings (SSSR count). The van der Waals surface area contributed by atoms with Gasteiger partial charge in [-0.2, -0.15) is 0 Å². The van der Waals surface area contributed by atoms with Gasteiger partial charge >= 0.3 is 0 Å². The maximum Gasteiger partial charge on any atom is 0.241 e. The molecule has 21 heavy (non-hydrogen) atoms. The van der Waals surface area contributed by atoms with E-state index in [-0.39, 0.29) is 11.9 Å². The summed E-state index contributed by atoms with van der Waals surface area (Å²) in [5, 5.41) is 13.3. The number of aryl methyl sites for hydroxylation is 2. The summed E-state index contributed by atoms with van der Waals surface area (Å²) in [6, 6.07) is 3.44. The molecule has 0 aromatic heterocycles. The molecule has 0 saturated carbocycles. The van der Waals surface area contributed by atoms with E-state index >= 15 is 0 Å². The Morgan fingerprint density at radius 2 is 2.00 bits per heavy atom. The van der Waals surface area contributed by atoms with Crippen LogP contribution in [0.3, 0.4) is 0 Å². The summed E-state index contributed by atoms with van der Waals surface area (Å²) in [5.41, 5.74) is 1.80. The van der Waals surface area contributed by atoms with Crippen molar-refractivity contribution in [2.75, 3.05) is 18.9 Å². The molecule has 4 nitrogen and oxygen atoms in total. The number of halogens is 1. The highest BCUT2D eigenvalue weighted by Crippen LogP contribution is 2.27. The molecule has 2 N–H and O–H groups in total. The highest BCUT2D eigenvalue weighted by Gasteiger charge is 2.24. The molecule has 1 aromatic rings. The Morgan fingerprint density at radius 1 is 1.43 bits per heavy atom. The average Bonchev–Trinajstić information content (AvgIpc) is 2.30. The van der Waals surface area contributed by atoms with Gasteiger partial charge in [-0.15, -0.1) is 0 Å². The van der Waals surface area contributed by atoms with E-state index in [1.807, 2.05) is 37.9 Å². The van der Waals surface area contributed by atoms with Crippen molar-refractivity contribution in [3.05, 3.63) is 28.3 Å². The summed E-state index contributed by atoms with van der Waals surface area (Å²) in [4.78, 5) is 14.1. The second kappa shape index (κ2) is 6.77. The van der Waals surface area contributed by atoms with Gasteiger partial charge in [-0.3, -0.25) is 9.69 Å². The summed E-state index contributed by atoms with van der Waals surface area (Å²) >= 11 is 6.20. The Bertz CT molecular complexity index is 500. The van der Waals surface area contributed by atoms with Crippen LogP contribution >= 0.6 is 11.6 Å². The molecule has 0 aliphatic carbocycles. The maximum absolute atomic E-state index is 12.3. The molecule has 5 heteroatoms. The number of hydrogen-bond donors (Lipinski definition) is 2. The van der Waals surface area contributed by atoms with Gasteiger partial charge in [0.05, 0.1) is 22.4 Å². The highest BCUT2D eigenvalue weighted by atomic mass is 35.5. The first kappa shape index (κ1) is 18.0. The molecule has 0 aliphatic rings. The molecule has 1 amide bonds. The molecule has 1 aromatic carbocycles. The smallest absolute Gasteiger partial charge is 0.241 e. The Balaban J connectivity index is 2.82. The Labute approximate surface area is 132 Å². The zero-order valence-electron chi connectivity index (χ0n) is 13.6. The van der Waals surface area contributed by atoms with Gasteiger partial charge in [0.25, 0.3) is 0 Å². The van der Waals surface area contributed by atoms with Crippen LogP contribution in [0.1, 0.15) is 31.9 Å². The third-order valence-corrected chi connectivity index (χ3v) is 3.65. The summed E-state index contributed by atoms with van der Waals surface area (Å²) in [5.74, 6) is -0.143. The lowest BCUT2D eigenvalue weighted by molar-refractivity contribution is -0.121. The fourth-order valence-corrected chi connectivity index (χ4v) is 2.62. The van der Waals surface area contributed by atoms with Gasteiger partial charge in [0, 0.05) is 6.54 Å². The molecular weight excluding hydrogens is 288 g/mol. The predicted octanol–water partition coefficient (Wildman–Crippen LogP) is 2.99. The second-order valence-electron chi connectivity index (χ2n) is 6.33. The van der Waals surface area contributed by atoms with Crippen LogP contribution in [0.2, 0.25) is 5.02 Å². The summed E-state index contributed by atoms with van der Waals surface area (Å²) in [7, 11) is 1.81. The summed E-state index contributed by atoms with van der Waals surface area (Å²) in [6.45, 7) is 9.52. The maximum atomic E-state index is 12.3. The number of carbonyl (C=O) groups is 1. The summed E-state index contributed by atoms with van der Waals surface area (Å²) in [6.07, 6.45) is 0. The number of benzene rings is 1. The van der Waals surface area contributed by atoms with Crippen LogP contribution in [0, 0.1) is 13.8 Å². The first-order chi connectivity index (χ1) is 9.51. The van der Waals surface area contributed by atoms with Gasteiger partial charge in [0.2, 0.25) is 5.91 Å². The molecule has 0 spiro atoms. The standard InChI is InChI=1S/C16H25ClN2O2/c1-10-7-11(2)14(13(17)8-10)18-15(20)12(3)19(6)9-16(4,5)21/h7-8,12,21H,9H2,1-6H3,(H,18,20). The third kappa shape index (κ3) is 5.30. The van der Waals surface area contributed by atoms with Gasteiger partial charge in [-0.25, -0.2) is 0 Å². The second-order valence-corrected chi connectivity index (χ2v) is 6.74. The van der Waals surface area contributed by atoms with E-state index < -0.39 is 5.60 Å². The van der Waals surface area contributed by atoms with Crippen molar-refractivity contribution in [2.24, 2.45) is 0 Å². The number of carbonyl (C=O) groups excluding carboxylic acids is 1. The van der Waals surface area contributed by atoms with Crippen LogP contribution in [0.4, 0.5) is 5.69 Å². The van der Waals surface area contributed by atoms with E-state index in [4.69, 9.17) is 11.6 Å². The van der Waals surface area contributed by atoms with E-state index in [0.717, 1.165) is 11.1 Å². The fourth-order valence-electron chi connectivity index (χ4n) is 2.25. The molecule has 0 fully saturated rings. The van der Waals surface area contributed by atoms with Crippen molar-refractivity contribution >= 4 is 23.2 Å². The lowest BCUT2D eigenvalue weighted by atomic mass is 10.1. The van der Waals surface area contributed by atoms with E-state index in [9.17, 15) is 9.90 Å². The van der Waals surface area contributed by atoms with E-state index in [1.165, 1.54) is 0 Å². The third-order valence-electron chi connectivity index (χ3n) is 3.36. The quantitative estimate of drug-likeness (QED) is 0.879. The minimum absolute atomic E-state index is 0.143. The molecule has 0 aliphatic heterocycles. The molecule has 0 heterocycles. The van der Waals surface area contributed by atoms with E-state index in [0.29, 0.717) is 17.3 Å². The van der Waals surface area contributed by atoms with Crippen LogP contribution in [-0.2, 0) is 4.79 Å². The Kier molecular flexibility index (Phi) is 5.79. The van der Waals surface area contributed by atoms with Crippen molar-refractivity contribution in [3.63, 3.8) is 0 Å². The minimum atomic E-state index is -0.847. The number of anilines is 1. The monoisotopic (exact) mass is 312 g/mol. The Hall–Kier alpha value is -1.10. The molecule has 0 radical (unpaired) electrons. The number of nitrogens with zero attached hydrogens (tertiary/aromatic N) is 1. The topological polar surface area (TPSA) is 52.6 Å². The minimum Gasteiger partial charge on any atom is -0.389 e.